The summed E-state index contributed by atoms with van der Waals surface area (Å²) in [5.41, 5.74) is 1.54. The zero-order valence-corrected chi connectivity index (χ0v) is 14.9. The lowest BCUT2D eigenvalue weighted by molar-refractivity contribution is 0.0783. The number of hydrogen-bond donors (Lipinski definition) is 1. The highest BCUT2D eigenvalue weighted by atomic mass is 32.1. The third-order valence-corrected chi connectivity index (χ3v) is 4.72. The maximum absolute atomic E-state index is 13.7. The van der Waals surface area contributed by atoms with Gasteiger partial charge in [-0.2, -0.15) is 0 Å². The lowest BCUT2D eigenvalue weighted by Crippen LogP contribution is -2.26. The van der Waals surface area contributed by atoms with E-state index in [0.717, 1.165) is 0 Å². The Labute approximate surface area is 154 Å². The maximum atomic E-state index is 13.7. The number of benzene rings is 2. The topological polar surface area (TPSA) is 49.4 Å². The van der Waals surface area contributed by atoms with Gasteiger partial charge in [0, 0.05) is 30.4 Å². The van der Waals surface area contributed by atoms with Crippen molar-refractivity contribution in [2.24, 2.45) is 0 Å². The Morgan fingerprint density at radius 2 is 1.77 bits per heavy atom. The number of anilines is 1. The second-order valence-electron chi connectivity index (χ2n) is 5.76. The molecule has 0 saturated heterocycles. The average molecular weight is 368 g/mol. The molecular formula is C20H17FN2O2S. The van der Waals surface area contributed by atoms with Gasteiger partial charge in [0.15, 0.2) is 0 Å². The Kier molecular flexibility index (Phi) is 5.43. The lowest BCUT2D eigenvalue weighted by Gasteiger charge is -2.18. The monoisotopic (exact) mass is 368 g/mol. The molecule has 4 nitrogen and oxygen atoms in total. The highest BCUT2D eigenvalue weighted by Gasteiger charge is 2.14. The summed E-state index contributed by atoms with van der Waals surface area (Å²) in [7, 11) is 1.63. The minimum Gasteiger partial charge on any atom is -0.337 e. The molecule has 2 amide bonds. The zero-order valence-electron chi connectivity index (χ0n) is 14.1. The minimum absolute atomic E-state index is 0.183. The molecule has 0 fully saturated rings. The van der Waals surface area contributed by atoms with Crippen molar-refractivity contribution in [1.82, 2.24) is 4.90 Å². The predicted molar refractivity (Wildman–Crippen MR) is 101 cm³/mol. The van der Waals surface area contributed by atoms with Crippen molar-refractivity contribution < 1.29 is 14.0 Å². The Morgan fingerprint density at radius 3 is 2.42 bits per heavy atom. The fourth-order valence-corrected chi connectivity index (χ4v) is 3.09. The van der Waals surface area contributed by atoms with Gasteiger partial charge in [0.25, 0.3) is 11.8 Å². The van der Waals surface area contributed by atoms with E-state index in [0.29, 0.717) is 21.7 Å². The first-order chi connectivity index (χ1) is 12.5. The summed E-state index contributed by atoms with van der Waals surface area (Å²) in [6.07, 6.45) is 0. The van der Waals surface area contributed by atoms with Crippen molar-refractivity contribution in [1.29, 1.82) is 0 Å². The number of hydrogen-bond acceptors (Lipinski definition) is 3. The summed E-state index contributed by atoms with van der Waals surface area (Å²) in [5.74, 6) is -0.737. The molecule has 1 N–H and O–H groups in total. The molecule has 0 saturated carbocycles. The molecule has 6 heteroatoms. The van der Waals surface area contributed by atoms with E-state index < -0.39 is 0 Å². The van der Waals surface area contributed by atoms with E-state index in [1.807, 2.05) is 11.4 Å². The van der Waals surface area contributed by atoms with Crippen LogP contribution in [0.5, 0.6) is 0 Å². The highest BCUT2D eigenvalue weighted by Crippen LogP contribution is 2.16. The lowest BCUT2D eigenvalue weighted by atomic mass is 10.1. The van der Waals surface area contributed by atoms with E-state index in [4.69, 9.17) is 0 Å². The third kappa shape index (κ3) is 4.15. The molecule has 1 aromatic heterocycles. The number of carbonyl (C=O) groups excluding carboxylic acids is 2. The Hall–Kier alpha value is -2.99. The van der Waals surface area contributed by atoms with E-state index >= 15 is 0 Å². The molecule has 0 radical (unpaired) electrons. The molecule has 3 aromatic rings. The fourth-order valence-electron chi connectivity index (χ4n) is 2.47. The van der Waals surface area contributed by atoms with Gasteiger partial charge in [-0.05, 0) is 41.8 Å². The number of rotatable bonds is 5. The Balaban J connectivity index is 1.65. The van der Waals surface area contributed by atoms with Gasteiger partial charge >= 0.3 is 0 Å². The van der Waals surface area contributed by atoms with Crippen LogP contribution in [0.1, 0.15) is 25.6 Å². The van der Waals surface area contributed by atoms with Crippen LogP contribution in [0.25, 0.3) is 0 Å². The molecule has 0 bridgehead atoms. The van der Waals surface area contributed by atoms with E-state index in [1.54, 1.807) is 55.6 Å². The smallest absolute Gasteiger partial charge is 0.265 e. The minimum atomic E-state index is -0.334. The van der Waals surface area contributed by atoms with Crippen LogP contribution in [0.3, 0.4) is 0 Å². The van der Waals surface area contributed by atoms with Gasteiger partial charge in [-0.3, -0.25) is 9.59 Å². The zero-order chi connectivity index (χ0) is 18.5. The number of nitrogens with zero attached hydrogens (tertiary/aromatic N) is 1. The molecule has 2 aromatic carbocycles. The maximum Gasteiger partial charge on any atom is 0.265 e. The summed E-state index contributed by atoms with van der Waals surface area (Å²) < 4.78 is 13.7. The van der Waals surface area contributed by atoms with Crippen molar-refractivity contribution >= 4 is 28.8 Å². The van der Waals surface area contributed by atoms with E-state index in [1.165, 1.54) is 22.3 Å². The second-order valence-corrected chi connectivity index (χ2v) is 6.71. The van der Waals surface area contributed by atoms with Gasteiger partial charge in [-0.1, -0.05) is 24.3 Å². The Morgan fingerprint density at radius 1 is 1.04 bits per heavy atom. The van der Waals surface area contributed by atoms with Crippen LogP contribution >= 0.6 is 11.3 Å². The SMILES string of the molecule is CN(Cc1ccccc1F)C(=O)c1ccc(NC(=O)c2cccs2)cc1. The van der Waals surface area contributed by atoms with Crippen LogP contribution in [-0.4, -0.2) is 23.8 Å². The fraction of sp³-hybridized carbons (Fsp3) is 0.100. The molecule has 26 heavy (non-hydrogen) atoms. The molecule has 0 atom stereocenters. The highest BCUT2D eigenvalue weighted by molar-refractivity contribution is 7.12. The van der Waals surface area contributed by atoms with Crippen LogP contribution in [0.2, 0.25) is 0 Å². The summed E-state index contributed by atoms with van der Waals surface area (Å²) >= 11 is 1.36. The van der Waals surface area contributed by atoms with Crippen LogP contribution in [0.4, 0.5) is 10.1 Å². The van der Waals surface area contributed by atoms with Crippen LogP contribution < -0.4 is 5.32 Å². The number of carbonyl (C=O) groups is 2. The van der Waals surface area contributed by atoms with Gasteiger partial charge in [-0.25, -0.2) is 4.39 Å². The van der Waals surface area contributed by atoms with Crippen molar-refractivity contribution in [2.75, 3.05) is 12.4 Å². The molecule has 0 spiro atoms. The number of halogens is 1. The quantitative estimate of drug-likeness (QED) is 0.725. The molecule has 132 valence electrons. The summed E-state index contributed by atoms with van der Waals surface area (Å²) in [4.78, 5) is 26.6. The van der Waals surface area contributed by atoms with Gasteiger partial charge < -0.3 is 10.2 Å². The molecule has 1 heterocycles. The molecular weight excluding hydrogens is 351 g/mol. The van der Waals surface area contributed by atoms with Crippen molar-refractivity contribution in [2.45, 2.75) is 6.54 Å². The largest absolute Gasteiger partial charge is 0.337 e. The number of thiophene rings is 1. The van der Waals surface area contributed by atoms with Crippen molar-refractivity contribution in [3.63, 3.8) is 0 Å². The second kappa shape index (κ2) is 7.93. The molecule has 0 aliphatic carbocycles. The number of nitrogens with one attached hydrogen (secondary N) is 1. The van der Waals surface area contributed by atoms with E-state index in [-0.39, 0.29) is 24.2 Å². The van der Waals surface area contributed by atoms with Gasteiger partial charge in [0.1, 0.15) is 5.82 Å². The van der Waals surface area contributed by atoms with Crippen molar-refractivity contribution in [3.8, 4) is 0 Å². The van der Waals surface area contributed by atoms with E-state index in [2.05, 4.69) is 5.32 Å². The molecule has 0 unspecified atom stereocenters. The standard InChI is InChI=1S/C20H17FN2O2S/c1-23(13-15-5-2-3-6-17(15)21)20(25)14-8-10-16(11-9-14)22-19(24)18-7-4-12-26-18/h2-12H,13H2,1H3,(H,22,24). The summed E-state index contributed by atoms with van der Waals surface area (Å²) in [6, 6.07) is 16.6. The molecule has 0 aliphatic rings. The Bertz CT molecular complexity index is 908. The first-order valence-electron chi connectivity index (χ1n) is 7.98. The summed E-state index contributed by atoms with van der Waals surface area (Å²) in [5, 5.41) is 4.62. The van der Waals surface area contributed by atoms with E-state index in [9.17, 15) is 14.0 Å². The van der Waals surface area contributed by atoms with Gasteiger partial charge in [0.2, 0.25) is 0 Å². The van der Waals surface area contributed by atoms with Crippen LogP contribution in [0, 0.1) is 5.82 Å². The predicted octanol–water partition coefficient (Wildman–Crippen LogP) is 4.41. The first kappa shape index (κ1) is 17.8. The first-order valence-corrected chi connectivity index (χ1v) is 8.86. The molecule has 3 rings (SSSR count). The van der Waals surface area contributed by atoms with Crippen LogP contribution in [0.15, 0.2) is 66.0 Å². The summed E-state index contributed by atoms with van der Waals surface area (Å²) in [6.45, 7) is 0.183. The third-order valence-electron chi connectivity index (χ3n) is 3.85. The number of amides is 2. The average Bonchev–Trinajstić information content (AvgIpc) is 3.18. The van der Waals surface area contributed by atoms with Crippen LogP contribution in [-0.2, 0) is 6.54 Å². The normalized spacial score (nSPS) is 10.4. The van der Waals surface area contributed by atoms with Crippen molar-refractivity contribution in [3.05, 3.63) is 87.9 Å². The molecule has 0 aliphatic heterocycles. The van der Waals surface area contributed by atoms with Gasteiger partial charge in [-0.15, -0.1) is 11.3 Å². The van der Waals surface area contributed by atoms with Gasteiger partial charge in [0.05, 0.1) is 4.88 Å².